The van der Waals surface area contributed by atoms with Gasteiger partial charge >= 0.3 is 0 Å². The number of nitrogens with zero attached hydrogens (tertiary/aromatic N) is 1. The number of fused-ring (bicyclic) bond motifs is 2. The highest BCUT2D eigenvalue weighted by Crippen LogP contribution is 2.40. The largest absolute Gasteiger partial charge is 0.454 e. The Labute approximate surface area is 176 Å². The number of amides is 1. The highest BCUT2D eigenvalue weighted by molar-refractivity contribution is 5.86. The van der Waals surface area contributed by atoms with Crippen molar-refractivity contribution in [3.63, 3.8) is 0 Å². The van der Waals surface area contributed by atoms with Gasteiger partial charge in [-0.1, -0.05) is 24.3 Å². The molecule has 6 heteroatoms. The van der Waals surface area contributed by atoms with Crippen LogP contribution in [0, 0.1) is 0 Å². The lowest BCUT2D eigenvalue weighted by Crippen LogP contribution is -2.27. The summed E-state index contributed by atoms with van der Waals surface area (Å²) in [6.45, 7) is 4.48. The number of aryl methyl sites for hydroxylation is 1. The Bertz CT molecular complexity index is 1030. The molecule has 2 aromatic carbocycles. The number of para-hydroxylation sites is 1. The highest BCUT2D eigenvalue weighted by atomic mass is 16.7. The van der Waals surface area contributed by atoms with Crippen LogP contribution in [0.1, 0.15) is 36.8 Å². The first kappa shape index (κ1) is 20.3. The molecular weight excluding hydrogens is 380 g/mol. The van der Waals surface area contributed by atoms with Crippen molar-refractivity contribution >= 4 is 16.8 Å². The summed E-state index contributed by atoms with van der Waals surface area (Å²) in [4.78, 5) is 12.8. The number of ether oxygens (including phenoxy) is 3. The van der Waals surface area contributed by atoms with E-state index in [2.05, 4.69) is 41.2 Å². The van der Waals surface area contributed by atoms with Crippen molar-refractivity contribution in [3.8, 4) is 11.5 Å². The van der Waals surface area contributed by atoms with Gasteiger partial charge < -0.3 is 24.1 Å². The zero-order chi connectivity index (χ0) is 20.9. The van der Waals surface area contributed by atoms with Crippen LogP contribution in [-0.2, 0) is 16.1 Å². The summed E-state index contributed by atoms with van der Waals surface area (Å²) >= 11 is 0. The SMILES string of the molecule is CCn1cc(C(CC(=O)NCCCOC)c2ccc3c(c2)OCO3)c2ccccc21. The molecular formula is C24H28N2O4. The molecule has 3 aromatic rings. The number of nitrogens with one attached hydrogen (secondary N) is 1. The minimum atomic E-state index is -0.0837. The van der Waals surface area contributed by atoms with Gasteiger partial charge in [0.25, 0.3) is 0 Å². The Morgan fingerprint density at radius 1 is 1.20 bits per heavy atom. The molecule has 1 N–H and O–H groups in total. The van der Waals surface area contributed by atoms with Crippen LogP contribution in [0.3, 0.4) is 0 Å². The molecule has 1 aliphatic heterocycles. The van der Waals surface area contributed by atoms with Gasteiger partial charge in [0.15, 0.2) is 11.5 Å². The molecule has 0 saturated carbocycles. The smallest absolute Gasteiger partial charge is 0.231 e. The number of benzene rings is 2. The molecule has 0 spiro atoms. The molecule has 1 unspecified atom stereocenters. The number of rotatable bonds is 9. The monoisotopic (exact) mass is 408 g/mol. The fourth-order valence-electron chi connectivity index (χ4n) is 4.05. The molecule has 0 fully saturated rings. The van der Waals surface area contributed by atoms with Crippen molar-refractivity contribution < 1.29 is 19.0 Å². The highest BCUT2D eigenvalue weighted by Gasteiger charge is 2.25. The average Bonchev–Trinajstić information content (AvgIpc) is 3.39. The molecule has 1 aromatic heterocycles. The number of methoxy groups -OCH3 is 1. The molecule has 158 valence electrons. The van der Waals surface area contributed by atoms with Crippen molar-refractivity contribution in [2.75, 3.05) is 27.1 Å². The first-order chi connectivity index (χ1) is 14.7. The summed E-state index contributed by atoms with van der Waals surface area (Å²) in [6, 6.07) is 14.3. The van der Waals surface area contributed by atoms with E-state index in [1.165, 1.54) is 10.9 Å². The number of aromatic nitrogens is 1. The lowest BCUT2D eigenvalue weighted by molar-refractivity contribution is -0.121. The second-order valence-electron chi connectivity index (χ2n) is 7.45. The van der Waals surface area contributed by atoms with Crippen LogP contribution in [0.2, 0.25) is 0 Å². The number of carbonyl (C=O) groups is 1. The molecule has 0 saturated heterocycles. The molecule has 0 bridgehead atoms. The Balaban J connectivity index is 1.68. The van der Waals surface area contributed by atoms with Crippen LogP contribution in [0.5, 0.6) is 11.5 Å². The van der Waals surface area contributed by atoms with E-state index in [-0.39, 0.29) is 18.6 Å². The molecule has 2 heterocycles. The fourth-order valence-corrected chi connectivity index (χ4v) is 4.05. The van der Waals surface area contributed by atoms with E-state index in [0.717, 1.165) is 35.6 Å². The lowest BCUT2D eigenvalue weighted by atomic mass is 9.87. The predicted molar refractivity (Wildman–Crippen MR) is 116 cm³/mol. The molecule has 0 radical (unpaired) electrons. The number of carbonyl (C=O) groups excluding carboxylic acids is 1. The van der Waals surface area contributed by atoms with Crippen molar-refractivity contribution in [2.24, 2.45) is 0 Å². The summed E-state index contributed by atoms with van der Waals surface area (Å²) in [7, 11) is 1.67. The second kappa shape index (κ2) is 9.22. The van der Waals surface area contributed by atoms with E-state index in [9.17, 15) is 4.79 Å². The number of hydrogen-bond donors (Lipinski definition) is 1. The van der Waals surface area contributed by atoms with E-state index in [4.69, 9.17) is 14.2 Å². The third-order valence-corrected chi connectivity index (χ3v) is 5.57. The maximum atomic E-state index is 12.8. The molecule has 6 nitrogen and oxygen atoms in total. The third kappa shape index (κ3) is 4.14. The van der Waals surface area contributed by atoms with Crippen molar-refractivity contribution in [1.82, 2.24) is 9.88 Å². The van der Waals surface area contributed by atoms with Gasteiger partial charge in [0, 0.05) is 56.2 Å². The molecule has 4 rings (SSSR count). The van der Waals surface area contributed by atoms with Gasteiger partial charge in [-0.15, -0.1) is 0 Å². The van der Waals surface area contributed by atoms with Crippen molar-refractivity contribution in [3.05, 3.63) is 59.8 Å². The van der Waals surface area contributed by atoms with Crippen molar-refractivity contribution in [1.29, 1.82) is 0 Å². The van der Waals surface area contributed by atoms with Crippen LogP contribution in [0.4, 0.5) is 0 Å². The average molecular weight is 408 g/mol. The predicted octanol–water partition coefficient (Wildman–Crippen LogP) is 4.06. The molecule has 30 heavy (non-hydrogen) atoms. The van der Waals surface area contributed by atoms with Gasteiger partial charge in [-0.25, -0.2) is 0 Å². The summed E-state index contributed by atoms with van der Waals surface area (Å²) in [6.07, 6.45) is 3.34. The quantitative estimate of drug-likeness (QED) is 0.543. The van der Waals surface area contributed by atoms with Gasteiger partial charge in [0.05, 0.1) is 0 Å². The Morgan fingerprint density at radius 2 is 2.03 bits per heavy atom. The van der Waals surface area contributed by atoms with E-state index in [0.29, 0.717) is 19.6 Å². The minimum Gasteiger partial charge on any atom is -0.454 e. The Hall–Kier alpha value is -2.99. The van der Waals surface area contributed by atoms with E-state index in [1.807, 2.05) is 24.3 Å². The summed E-state index contributed by atoms with van der Waals surface area (Å²) in [5.74, 6) is 1.43. The first-order valence-corrected chi connectivity index (χ1v) is 10.4. The lowest BCUT2D eigenvalue weighted by Gasteiger charge is -2.18. The molecule has 1 aliphatic rings. The topological polar surface area (TPSA) is 61.7 Å². The summed E-state index contributed by atoms with van der Waals surface area (Å²) < 4.78 is 18.4. The van der Waals surface area contributed by atoms with Gasteiger partial charge in [0.1, 0.15) is 0 Å². The molecule has 1 amide bonds. The van der Waals surface area contributed by atoms with E-state index in [1.54, 1.807) is 7.11 Å². The van der Waals surface area contributed by atoms with Gasteiger partial charge in [-0.2, -0.15) is 0 Å². The van der Waals surface area contributed by atoms with E-state index < -0.39 is 0 Å². The summed E-state index contributed by atoms with van der Waals surface area (Å²) in [5, 5.41) is 4.20. The van der Waals surface area contributed by atoms with Crippen LogP contribution in [0.15, 0.2) is 48.7 Å². The van der Waals surface area contributed by atoms with E-state index >= 15 is 0 Å². The van der Waals surface area contributed by atoms with Gasteiger partial charge in [0.2, 0.25) is 12.7 Å². The van der Waals surface area contributed by atoms with Gasteiger partial charge in [-0.3, -0.25) is 4.79 Å². The minimum absolute atomic E-state index is 0.0297. The Kier molecular flexibility index (Phi) is 6.23. The maximum absolute atomic E-state index is 12.8. The fraction of sp³-hybridized carbons (Fsp3) is 0.375. The van der Waals surface area contributed by atoms with Crippen LogP contribution < -0.4 is 14.8 Å². The first-order valence-electron chi connectivity index (χ1n) is 10.4. The second-order valence-corrected chi connectivity index (χ2v) is 7.45. The van der Waals surface area contributed by atoms with Crippen LogP contribution in [-0.4, -0.2) is 37.5 Å². The van der Waals surface area contributed by atoms with Crippen molar-refractivity contribution in [2.45, 2.75) is 32.2 Å². The summed E-state index contributed by atoms with van der Waals surface area (Å²) in [5.41, 5.74) is 3.38. The zero-order valence-electron chi connectivity index (χ0n) is 17.5. The standard InChI is InChI=1S/C24H28N2O4/c1-3-26-15-20(18-7-4-5-8-21(18)26)19(14-24(27)25-11-6-12-28-2)17-9-10-22-23(13-17)30-16-29-22/h4-5,7-10,13,15,19H,3,6,11-12,14,16H2,1-2H3,(H,25,27). The number of hydrogen-bond acceptors (Lipinski definition) is 4. The van der Waals surface area contributed by atoms with Gasteiger partial charge in [-0.05, 0) is 42.7 Å². The van der Waals surface area contributed by atoms with Crippen LogP contribution in [0.25, 0.3) is 10.9 Å². The van der Waals surface area contributed by atoms with Crippen LogP contribution >= 0.6 is 0 Å². The normalized spacial score (nSPS) is 13.5. The third-order valence-electron chi connectivity index (χ3n) is 5.57. The molecule has 1 atom stereocenters. The molecule has 0 aliphatic carbocycles. The Morgan fingerprint density at radius 3 is 2.87 bits per heavy atom. The zero-order valence-corrected chi connectivity index (χ0v) is 17.5. The maximum Gasteiger partial charge on any atom is 0.231 e.